The van der Waals surface area contributed by atoms with Crippen LogP contribution in [0.15, 0.2) is 171 Å². The second-order valence-electron chi connectivity index (χ2n) is 13.3. The SMILES string of the molecule is CN(C)N=Nc1ccc(C2(c3ccc(N=NN(C)C)c(-c4ccccc4)c3)c3ccccc3-c3cccc(N=NN(C)C)c32)cc1-c1ccccc1. The number of nitrogens with zero attached hydrogens (tertiary/aromatic N) is 9. The molecule has 0 amide bonds. The Morgan fingerprint density at radius 3 is 1.33 bits per heavy atom. The van der Waals surface area contributed by atoms with Crippen LogP contribution in [0.1, 0.15) is 22.3 Å². The van der Waals surface area contributed by atoms with Gasteiger partial charge in [-0.2, -0.15) is 0 Å². The highest BCUT2D eigenvalue weighted by Gasteiger charge is 2.48. The summed E-state index contributed by atoms with van der Waals surface area (Å²) in [6.45, 7) is 0. The summed E-state index contributed by atoms with van der Waals surface area (Å²) in [7, 11) is 11.3. The van der Waals surface area contributed by atoms with Crippen molar-refractivity contribution in [3.63, 3.8) is 0 Å². The molecule has 0 fully saturated rings. The smallest absolute Gasteiger partial charge is 0.0952 e. The van der Waals surface area contributed by atoms with Crippen LogP contribution < -0.4 is 0 Å². The molecule has 0 saturated carbocycles. The largest absolute Gasteiger partial charge is 0.285 e. The molecule has 0 spiro atoms. The second kappa shape index (κ2) is 14.4. The minimum absolute atomic E-state index is 0.773. The molecular weight excluding hydrogens is 643 g/mol. The summed E-state index contributed by atoms with van der Waals surface area (Å²) in [5, 5.41) is 32.7. The van der Waals surface area contributed by atoms with Crippen LogP contribution in [-0.2, 0) is 5.41 Å². The van der Waals surface area contributed by atoms with Gasteiger partial charge in [-0.15, -0.1) is 15.3 Å². The average molecular weight is 684 g/mol. The van der Waals surface area contributed by atoms with Crippen molar-refractivity contribution in [2.24, 2.45) is 31.0 Å². The first-order valence-electron chi connectivity index (χ1n) is 17.2. The predicted molar refractivity (Wildman–Crippen MR) is 209 cm³/mol. The molecule has 0 aliphatic heterocycles. The molecule has 7 rings (SSSR count). The Morgan fingerprint density at radius 1 is 0.385 bits per heavy atom. The molecule has 0 bridgehead atoms. The number of rotatable bonds is 10. The highest BCUT2D eigenvalue weighted by molar-refractivity contribution is 5.92. The molecule has 6 aromatic carbocycles. The molecule has 1 aliphatic rings. The lowest BCUT2D eigenvalue weighted by Crippen LogP contribution is -2.29. The lowest BCUT2D eigenvalue weighted by atomic mass is 9.66. The zero-order chi connectivity index (χ0) is 36.2. The molecule has 52 heavy (non-hydrogen) atoms. The van der Waals surface area contributed by atoms with Crippen molar-refractivity contribution in [2.45, 2.75) is 5.41 Å². The van der Waals surface area contributed by atoms with Crippen molar-refractivity contribution in [2.75, 3.05) is 42.3 Å². The lowest BCUT2D eigenvalue weighted by molar-refractivity contribution is 0.408. The van der Waals surface area contributed by atoms with E-state index in [0.717, 1.165) is 72.7 Å². The number of benzene rings is 6. The average Bonchev–Trinajstić information content (AvgIpc) is 3.47. The lowest BCUT2D eigenvalue weighted by Gasteiger charge is -2.35. The Balaban J connectivity index is 1.62. The van der Waals surface area contributed by atoms with E-state index in [1.165, 1.54) is 0 Å². The van der Waals surface area contributed by atoms with E-state index in [4.69, 9.17) is 5.11 Å². The monoisotopic (exact) mass is 683 g/mol. The van der Waals surface area contributed by atoms with E-state index >= 15 is 0 Å². The van der Waals surface area contributed by atoms with Gasteiger partial charge in [0.05, 0.1) is 22.5 Å². The molecule has 0 N–H and O–H groups in total. The van der Waals surface area contributed by atoms with Crippen LogP contribution in [0.2, 0.25) is 0 Å². The molecule has 1 aliphatic carbocycles. The number of fused-ring (bicyclic) bond motifs is 3. The van der Waals surface area contributed by atoms with E-state index in [0.29, 0.717) is 0 Å². The van der Waals surface area contributed by atoms with E-state index in [1.54, 1.807) is 15.0 Å². The first kappa shape index (κ1) is 34.0. The van der Waals surface area contributed by atoms with E-state index < -0.39 is 5.41 Å². The molecule has 0 unspecified atom stereocenters. The molecule has 0 saturated heterocycles. The quantitative estimate of drug-likeness (QED) is 0.106. The van der Waals surface area contributed by atoms with Crippen molar-refractivity contribution in [1.29, 1.82) is 0 Å². The Labute approximate surface area is 305 Å². The molecule has 6 aromatic rings. The first-order valence-corrected chi connectivity index (χ1v) is 17.2. The third-order valence-corrected chi connectivity index (χ3v) is 9.06. The Bertz CT molecular complexity index is 2190. The van der Waals surface area contributed by atoms with Crippen LogP contribution in [0.5, 0.6) is 0 Å². The van der Waals surface area contributed by atoms with Crippen LogP contribution in [0.4, 0.5) is 17.1 Å². The van der Waals surface area contributed by atoms with E-state index in [2.05, 4.69) is 153 Å². The van der Waals surface area contributed by atoms with Crippen molar-refractivity contribution in [1.82, 2.24) is 15.0 Å². The fourth-order valence-electron chi connectivity index (χ4n) is 7.01. The number of hydrogen-bond donors (Lipinski definition) is 0. The van der Waals surface area contributed by atoms with Crippen LogP contribution in [0, 0.1) is 0 Å². The topological polar surface area (TPSA) is 83.9 Å². The van der Waals surface area contributed by atoms with Gasteiger partial charge in [0.15, 0.2) is 0 Å². The third kappa shape index (κ3) is 6.33. The fraction of sp³-hybridized carbons (Fsp3) is 0.163. The predicted octanol–water partition coefficient (Wildman–Crippen LogP) is 11.1. The summed E-state index contributed by atoms with van der Waals surface area (Å²) in [6, 6.07) is 48.8. The van der Waals surface area contributed by atoms with Gasteiger partial charge in [-0.1, -0.05) is 125 Å². The summed E-state index contributed by atoms with van der Waals surface area (Å²) in [5.74, 6) is 0. The van der Waals surface area contributed by atoms with Crippen LogP contribution in [0.25, 0.3) is 33.4 Å². The highest BCUT2D eigenvalue weighted by Crippen LogP contribution is 2.60. The second-order valence-corrected chi connectivity index (χ2v) is 13.3. The summed E-state index contributed by atoms with van der Waals surface area (Å²) in [4.78, 5) is 0. The van der Waals surface area contributed by atoms with Crippen LogP contribution in [-0.4, -0.2) is 57.3 Å². The minimum atomic E-state index is -0.810. The van der Waals surface area contributed by atoms with E-state index in [9.17, 15) is 0 Å². The van der Waals surface area contributed by atoms with Crippen LogP contribution >= 0.6 is 0 Å². The van der Waals surface area contributed by atoms with Crippen molar-refractivity contribution in [3.8, 4) is 33.4 Å². The Morgan fingerprint density at radius 2 is 0.827 bits per heavy atom. The summed E-state index contributed by atoms with van der Waals surface area (Å²) >= 11 is 0. The van der Waals surface area contributed by atoms with Gasteiger partial charge in [0.25, 0.3) is 0 Å². The molecule has 0 atom stereocenters. The minimum Gasteiger partial charge on any atom is -0.285 e. The molecular formula is C43H41N9. The van der Waals surface area contributed by atoms with E-state index in [1.807, 2.05) is 54.4 Å². The van der Waals surface area contributed by atoms with Gasteiger partial charge in [0, 0.05) is 59.0 Å². The maximum atomic E-state index is 4.87. The van der Waals surface area contributed by atoms with Crippen molar-refractivity contribution < 1.29 is 0 Å². The fourth-order valence-corrected chi connectivity index (χ4v) is 7.01. The molecule has 0 heterocycles. The molecule has 9 nitrogen and oxygen atoms in total. The van der Waals surface area contributed by atoms with Crippen molar-refractivity contribution in [3.05, 3.63) is 162 Å². The van der Waals surface area contributed by atoms with Gasteiger partial charge in [0.1, 0.15) is 0 Å². The summed E-state index contributed by atoms with van der Waals surface area (Å²) in [5.41, 5.74) is 12.2. The van der Waals surface area contributed by atoms with Gasteiger partial charge in [0.2, 0.25) is 0 Å². The van der Waals surface area contributed by atoms with Gasteiger partial charge >= 0.3 is 0 Å². The van der Waals surface area contributed by atoms with Gasteiger partial charge < -0.3 is 0 Å². The van der Waals surface area contributed by atoms with Gasteiger partial charge in [-0.05, 0) is 69.3 Å². The van der Waals surface area contributed by atoms with E-state index in [-0.39, 0.29) is 0 Å². The molecule has 258 valence electrons. The third-order valence-electron chi connectivity index (χ3n) is 9.06. The van der Waals surface area contributed by atoms with Gasteiger partial charge in [-0.25, -0.2) is 0 Å². The normalized spacial score (nSPS) is 15.0. The zero-order valence-electron chi connectivity index (χ0n) is 30.3. The summed E-state index contributed by atoms with van der Waals surface area (Å²) < 4.78 is 0. The molecule has 9 heteroatoms. The number of hydrogen-bond acceptors (Lipinski definition) is 6. The van der Waals surface area contributed by atoms with Crippen LogP contribution in [0.3, 0.4) is 0 Å². The molecule has 0 aromatic heterocycles. The van der Waals surface area contributed by atoms with Gasteiger partial charge in [-0.3, -0.25) is 15.0 Å². The standard InChI is InChI=1S/C43H41N9/c1-50(2)47-44-39-26-24-32(28-36(39)30-16-9-7-10-17-30)43(33-25-27-40(45-48-51(3)4)37(29-33)31-18-11-8-12-19-31)38-22-14-13-20-34(38)35-21-15-23-41(42(35)43)46-49-52(5)6/h7-29H,1-6H3. The van der Waals surface area contributed by atoms with Crippen molar-refractivity contribution >= 4 is 17.1 Å². The summed E-state index contributed by atoms with van der Waals surface area (Å²) in [6.07, 6.45) is 0. The maximum Gasteiger partial charge on any atom is 0.0952 e. The molecule has 0 radical (unpaired) electrons. The Kier molecular flexibility index (Phi) is 9.41. The first-order chi connectivity index (χ1) is 25.3. The highest BCUT2D eigenvalue weighted by atomic mass is 15.5. The zero-order valence-corrected chi connectivity index (χ0v) is 30.3. The maximum absolute atomic E-state index is 4.87. The Hall–Kier alpha value is -6.48.